The number of carbonyl (C=O) groups excluding carboxylic acids is 1. The maximum atomic E-state index is 12.2. The minimum absolute atomic E-state index is 0.166. The smallest absolute Gasteiger partial charge is 0.237 e. The molecular formula is C17H14ClN3O2S. The van der Waals surface area contributed by atoms with Crippen molar-refractivity contribution in [1.82, 2.24) is 9.97 Å². The van der Waals surface area contributed by atoms with Gasteiger partial charge in [-0.2, -0.15) is 0 Å². The molecular weight excluding hydrogens is 346 g/mol. The first kappa shape index (κ1) is 16.4. The highest BCUT2D eigenvalue weighted by Gasteiger charge is 2.13. The summed E-state index contributed by atoms with van der Waals surface area (Å²) in [6, 6.07) is 11.0. The second-order valence-corrected chi connectivity index (χ2v) is 6.17. The largest absolute Gasteiger partial charge is 0.480 e. The SMILES string of the molecule is COc1ncccc1NC(=O)Cc1csc(-c2ccccc2Cl)n1. The monoisotopic (exact) mass is 359 g/mol. The molecule has 7 heteroatoms. The van der Waals surface area contributed by atoms with Gasteiger partial charge >= 0.3 is 0 Å². The minimum atomic E-state index is -0.183. The maximum Gasteiger partial charge on any atom is 0.237 e. The van der Waals surface area contributed by atoms with Crippen LogP contribution in [0.15, 0.2) is 48.0 Å². The van der Waals surface area contributed by atoms with Crippen LogP contribution in [0, 0.1) is 0 Å². The zero-order chi connectivity index (χ0) is 16.9. The van der Waals surface area contributed by atoms with Crippen molar-refractivity contribution in [3.05, 3.63) is 58.7 Å². The number of halogens is 1. The van der Waals surface area contributed by atoms with Crippen LogP contribution in [0.1, 0.15) is 5.69 Å². The zero-order valence-electron chi connectivity index (χ0n) is 12.8. The molecule has 0 unspecified atom stereocenters. The first-order chi connectivity index (χ1) is 11.7. The van der Waals surface area contributed by atoms with Crippen molar-refractivity contribution in [2.45, 2.75) is 6.42 Å². The van der Waals surface area contributed by atoms with Crippen LogP contribution < -0.4 is 10.1 Å². The van der Waals surface area contributed by atoms with Crippen LogP contribution in [0.25, 0.3) is 10.6 Å². The molecule has 1 aromatic carbocycles. The van der Waals surface area contributed by atoms with Crippen molar-refractivity contribution >= 4 is 34.5 Å². The first-order valence-corrected chi connectivity index (χ1v) is 8.41. The molecule has 0 aliphatic rings. The van der Waals surface area contributed by atoms with Crippen molar-refractivity contribution in [1.29, 1.82) is 0 Å². The third-order valence-electron chi connectivity index (χ3n) is 3.24. The molecule has 2 heterocycles. The molecule has 0 spiro atoms. The number of anilines is 1. The van der Waals surface area contributed by atoms with Gasteiger partial charge < -0.3 is 10.1 Å². The number of nitrogens with one attached hydrogen (secondary N) is 1. The highest BCUT2D eigenvalue weighted by atomic mass is 35.5. The van der Waals surface area contributed by atoms with Crippen LogP contribution >= 0.6 is 22.9 Å². The first-order valence-electron chi connectivity index (χ1n) is 7.15. The van der Waals surface area contributed by atoms with Crippen molar-refractivity contribution in [3.8, 4) is 16.5 Å². The predicted octanol–water partition coefficient (Wildman–Crippen LogP) is 4.05. The Balaban J connectivity index is 1.71. The molecule has 0 saturated heterocycles. The number of rotatable bonds is 5. The van der Waals surface area contributed by atoms with Gasteiger partial charge in [-0.25, -0.2) is 9.97 Å². The van der Waals surface area contributed by atoms with E-state index < -0.39 is 0 Å². The molecule has 1 amide bonds. The summed E-state index contributed by atoms with van der Waals surface area (Å²) in [5.74, 6) is 0.193. The van der Waals surface area contributed by atoms with Gasteiger partial charge in [-0.05, 0) is 18.2 Å². The molecule has 0 atom stereocenters. The molecule has 24 heavy (non-hydrogen) atoms. The fourth-order valence-corrected chi connectivity index (χ4v) is 3.29. The summed E-state index contributed by atoms with van der Waals surface area (Å²) in [6.45, 7) is 0. The second kappa shape index (κ2) is 7.42. The average molecular weight is 360 g/mol. The minimum Gasteiger partial charge on any atom is -0.480 e. The van der Waals surface area contributed by atoms with E-state index in [1.807, 2.05) is 29.6 Å². The number of hydrogen-bond acceptors (Lipinski definition) is 5. The van der Waals surface area contributed by atoms with E-state index in [-0.39, 0.29) is 12.3 Å². The Kier molecular flexibility index (Phi) is 5.08. The van der Waals surface area contributed by atoms with E-state index in [1.165, 1.54) is 18.4 Å². The van der Waals surface area contributed by atoms with Crippen molar-refractivity contribution in [3.63, 3.8) is 0 Å². The van der Waals surface area contributed by atoms with Gasteiger partial charge in [0.05, 0.1) is 24.2 Å². The second-order valence-electron chi connectivity index (χ2n) is 4.91. The molecule has 2 aromatic heterocycles. The van der Waals surface area contributed by atoms with Gasteiger partial charge in [0.25, 0.3) is 0 Å². The van der Waals surface area contributed by atoms with Crippen LogP contribution in [-0.4, -0.2) is 23.0 Å². The lowest BCUT2D eigenvalue weighted by Crippen LogP contribution is -2.15. The van der Waals surface area contributed by atoms with Gasteiger partial charge in [-0.15, -0.1) is 11.3 Å². The molecule has 3 aromatic rings. The van der Waals surface area contributed by atoms with Gasteiger partial charge in [0, 0.05) is 17.1 Å². The number of nitrogens with zero attached hydrogens (tertiary/aromatic N) is 2. The van der Waals surface area contributed by atoms with Gasteiger partial charge in [-0.3, -0.25) is 4.79 Å². The summed E-state index contributed by atoms with van der Waals surface area (Å²) in [4.78, 5) is 20.7. The number of pyridine rings is 1. The normalized spacial score (nSPS) is 10.4. The summed E-state index contributed by atoms with van der Waals surface area (Å²) < 4.78 is 5.12. The van der Waals surface area contributed by atoms with E-state index in [9.17, 15) is 4.79 Å². The molecule has 5 nitrogen and oxygen atoms in total. The lowest BCUT2D eigenvalue weighted by Gasteiger charge is -2.07. The fraction of sp³-hybridized carbons (Fsp3) is 0.118. The predicted molar refractivity (Wildman–Crippen MR) is 95.7 cm³/mol. The maximum absolute atomic E-state index is 12.2. The summed E-state index contributed by atoms with van der Waals surface area (Å²) in [6.07, 6.45) is 1.77. The zero-order valence-corrected chi connectivity index (χ0v) is 14.4. The number of thiazole rings is 1. The highest BCUT2D eigenvalue weighted by Crippen LogP contribution is 2.30. The number of hydrogen-bond donors (Lipinski definition) is 1. The van der Waals surface area contributed by atoms with Crippen LogP contribution in [0.2, 0.25) is 5.02 Å². The van der Waals surface area contributed by atoms with Gasteiger partial charge in [0.1, 0.15) is 10.7 Å². The number of aromatic nitrogens is 2. The van der Waals surface area contributed by atoms with Gasteiger partial charge in [0.15, 0.2) is 0 Å². The fourth-order valence-electron chi connectivity index (χ4n) is 2.15. The van der Waals surface area contributed by atoms with Gasteiger partial charge in [0.2, 0.25) is 11.8 Å². The standard InChI is InChI=1S/C17H14ClN3O2S/c1-23-16-14(7-4-8-19-16)21-15(22)9-11-10-24-17(20-11)12-5-2-3-6-13(12)18/h2-8,10H,9H2,1H3,(H,21,22). The Hall–Kier alpha value is -2.44. The molecule has 0 saturated carbocycles. The summed E-state index contributed by atoms with van der Waals surface area (Å²) >= 11 is 7.64. The molecule has 0 aliphatic heterocycles. The highest BCUT2D eigenvalue weighted by molar-refractivity contribution is 7.13. The van der Waals surface area contributed by atoms with E-state index in [1.54, 1.807) is 18.3 Å². The van der Waals surface area contributed by atoms with E-state index in [0.717, 1.165) is 10.6 Å². The van der Waals surface area contributed by atoms with Crippen molar-refractivity contribution < 1.29 is 9.53 Å². The lowest BCUT2D eigenvalue weighted by molar-refractivity contribution is -0.115. The topological polar surface area (TPSA) is 64.1 Å². The van der Waals surface area contributed by atoms with E-state index in [4.69, 9.17) is 16.3 Å². The Labute approximate surface area is 148 Å². The molecule has 0 fully saturated rings. The number of carbonyl (C=O) groups is 1. The third-order valence-corrected chi connectivity index (χ3v) is 4.49. The van der Waals surface area contributed by atoms with E-state index >= 15 is 0 Å². The number of methoxy groups -OCH3 is 1. The number of ether oxygens (including phenoxy) is 1. The van der Waals surface area contributed by atoms with Gasteiger partial charge in [-0.1, -0.05) is 29.8 Å². The Morgan fingerprint density at radius 2 is 2.12 bits per heavy atom. The van der Waals surface area contributed by atoms with Crippen LogP contribution in [-0.2, 0) is 11.2 Å². The summed E-state index contributed by atoms with van der Waals surface area (Å²) in [5.41, 5.74) is 2.09. The Bertz CT molecular complexity index is 866. The lowest BCUT2D eigenvalue weighted by atomic mass is 10.2. The third kappa shape index (κ3) is 3.72. The summed E-state index contributed by atoms with van der Waals surface area (Å²) in [7, 11) is 1.51. The van der Waals surface area contributed by atoms with Crippen molar-refractivity contribution in [2.24, 2.45) is 0 Å². The van der Waals surface area contributed by atoms with E-state index in [2.05, 4.69) is 15.3 Å². The molecule has 3 rings (SSSR count). The van der Waals surface area contributed by atoms with Crippen LogP contribution in [0.4, 0.5) is 5.69 Å². The molecule has 0 aliphatic carbocycles. The number of benzene rings is 1. The van der Waals surface area contributed by atoms with Crippen LogP contribution in [0.5, 0.6) is 5.88 Å². The molecule has 0 radical (unpaired) electrons. The van der Waals surface area contributed by atoms with E-state index in [0.29, 0.717) is 22.3 Å². The quantitative estimate of drug-likeness (QED) is 0.746. The molecule has 122 valence electrons. The van der Waals surface area contributed by atoms with Crippen molar-refractivity contribution in [2.75, 3.05) is 12.4 Å². The average Bonchev–Trinajstić information content (AvgIpc) is 3.04. The molecule has 0 bridgehead atoms. The molecule has 1 N–H and O–H groups in total. The number of amides is 1. The van der Waals surface area contributed by atoms with Crippen LogP contribution in [0.3, 0.4) is 0 Å². The Morgan fingerprint density at radius 3 is 2.92 bits per heavy atom. The summed E-state index contributed by atoms with van der Waals surface area (Å²) in [5, 5.41) is 6.08. The Morgan fingerprint density at radius 1 is 1.29 bits per heavy atom.